The molecule has 0 spiro atoms. The lowest BCUT2D eigenvalue weighted by atomic mass is 9.90. The maximum Gasteiger partial charge on any atom is 0.235 e. The summed E-state index contributed by atoms with van der Waals surface area (Å²) in [6.45, 7) is 9.55. The average molecular weight is 374 g/mol. The van der Waals surface area contributed by atoms with Crippen LogP contribution in [0.5, 0.6) is 0 Å². The van der Waals surface area contributed by atoms with Crippen molar-refractivity contribution in [3.05, 3.63) is 29.6 Å². The maximum absolute atomic E-state index is 14.3. The first kappa shape index (κ1) is 20.8. The molecule has 1 aliphatic heterocycles. The number of hydrogen-bond acceptors (Lipinski definition) is 5. The number of amides is 1. The quantitative estimate of drug-likeness (QED) is 0.773. The van der Waals surface area contributed by atoms with Gasteiger partial charge in [0, 0.05) is 31.7 Å². The van der Waals surface area contributed by atoms with Gasteiger partial charge in [0.05, 0.1) is 18.3 Å². The number of anilines is 1. The van der Waals surface area contributed by atoms with Crippen molar-refractivity contribution in [3.8, 4) is 6.07 Å². The highest BCUT2D eigenvalue weighted by molar-refractivity contribution is 5.94. The summed E-state index contributed by atoms with van der Waals surface area (Å²) < 4.78 is 14.3. The lowest BCUT2D eigenvalue weighted by Crippen LogP contribution is -2.54. The van der Waals surface area contributed by atoms with Crippen molar-refractivity contribution in [1.29, 1.82) is 5.26 Å². The molecule has 1 aromatic rings. The van der Waals surface area contributed by atoms with Crippen LogP contribution in [0, 0.1) is 23.1 Å². The van der Waals surface area contributed by atoms with Crippen LogP contribution in [0.4, 0.5) is 10.1 Å². The van der Waals surface area contributed by atoms with Gasteiger partial charge in [0.25, 0.3) is 0 Å². The molecule has 2 rings (SSSR count). The lowest BCUT2D eigenvalue weighted by molar-refractivity contribution is -0.124. The van der Waals surface area contributed by atoms with E-state index in [1.807, 2.05) is 23.6 Å². The van der Waals surface area contributed by atoms with E-state index in [1.54, 1.807) is 19.1 Å². The van der Waals surface area contributed by atoms with Gasteiger partial charge in [-0.15, -0.1) is 0 Å². The zero-order valence-corrected chi connectivity index (χ0v) is 16.4. The molecular weight excluding hydrogens is 347 g/mol. The summed E-state index contributed by atoms with van der Waals surface area (Å²) >= 11 is 0. The number of rotatable bonds is 6. The molecule has 6 nitrogen and oxygen atoms in total. The van der Waals surface area contributed by atoms with Gasteiger partial charge in [-0.2, -0.15) is 5.26 Å². The van der Waals surface area contributed by atoms with Crippen molar-refractivity contribution in [2.75, 3.05) is 37.6 Å². The van der Waals surface area contributed by atoms with Gasteiger partial charge < -0.3 is 10.2 Å². The third-order valence-electron chi connectivity index (χ3n) is 5.22. The van der Waals surface area contributed by atoms with Crippen LogP contribution < -0.4 is 10.2 Å². The Morgan fingerprint density at radius 1 is 1.30 bits per heavy atom. The molecule has 1 saturated heterocycles. The van der Waals surface area contributed by atoms with Crippen molar-refractivity contribution in [1.82, 2.24) is 10.2 Å². The molecule has 27 heavy (non-hydrogen) atoms. The highest BCUT2D eigenvalue weighted by atomic mass is 19.1. The molecule has 146 valence electrons. The molecule has 1 fully saturated rings. The average Bonchev–Trinajstić information content (AvgIpc) is 2.62. The number of nitrogens with one attached hydrogen (secondary N) is 1. The van der Waals surface area contributed by atoms with Gasteiger partial charge in [-0.25, -0.2) is 4.39 Å². The third-order valence-corrected chi connectivity index (χ3v) is 5.22. The molecule has 0 saturated carbocycles. The summed E-state index contributed by atoms with van der Waals surface area (Å²) in [6.07, 6.45) is 0. The number of piperazine rings is 1. The van der Waals surface area contributed by atoms with Gasteiger partial charge in [-0.1, -0.05) is 13.8 Å². The molecule has 1 heterocycles. The molecule has 1 atom stereocenters. The Morgan fingerprint density at radius 2 is 1.93 bits per heavy atom. The van der Waals surface area contributed by atoms with Crippen molar-refractivity contribution in [3.63, 3.8) is 0 Å². The number of hydrogen-bond donors (Lipinski definition) is 1. The number of carbonyl (C=O) groups is 2. The summed E-state index contributed by atoms with van der Waals surface area (Å²) in [5.74, 6) is -0.750. The Kier molecular flexibility index (Phi) is 6.55. The molecule has 1 N–H and O–H groups in total. The zero-order chi connectivity index (χ0) is 20.2. The molecule has 1 amide bonds. The van der Waals surface area contributed by atoms with Gasteiger partial charge in [-0.05, 0) is 38.0 Å². The smallest absolute Gasteiger partial charge is 0.235 e. The first-order valence-corrected chi connectivity index (χ1v) is 9.16. The number of carbonyl (C=O) groups excluding carboxylic acids is 2. The minimum Gasteiger partial charge on any atom is -0.367 e. The van der Waals surface area contributed by atoms with Gasteiger partial charge >= 0.3 is 0 Å². The highest BCUT2D eigenvalue weighted by Crippen LogP contribution is 2.22. The van der Waals surface area contributed by atoms with Crippen LogP contribution in [-0.4, -0.2) is 54.9 Å². The molecule has 0 aliphatic carbocycles. The number of benzene rings is 1. The Balaban J connectivity index is 1.91. The number of nitriles is 1. The van der Waals surface area contributed by atoms with Crippen LogP contribution in [-0.2, 0) is 4.79 Å². The Bertz CT molecular complexity index is 751. The molecular formula is C20H27FN4O2. The highest BCUT2D eigenvalue weighted by Gasteiger charge is 2.31. The Hall–Kier alpha value is -2.46. The first-order valence-electron chi connectivity index (χ1n) is 9.16. The molecule has 0 aromatic heterocycles. The predicted octanol–water partition coefficient (Wildman–Crippen LogP) is 2.20. The van der Waals surface area contributed by atoms with E-state index in [0.717, 1.165) is 0 Å². The van der Waals surface area contributed by atoms with E-state index in [4.69, 9.17) is 0 Å². The predicted molar refractivity (Wildman–Crippen MR) is 102 cm³/mol. The fourth-order valence-electron chi connectivity index (χ4n) is 2.96. The number of Topliss-reactive ketones (excluding diaryl/α,β-unsaturated/α-hetero) is 1. The second-order valence-corrected chi connectivity index (χ2v) is 7.50. The second-order valence-electron chi connectivity index (χ2n) is 7.50. The van der Waals surface area contributed by atoms with E-state index in [-0.39, 0.29) is 24.2 Å². The van der Waals surface area contributed by atoms with E-state index in [1.165, 1.54) is 13.0 Å². The van der Waals surface area contributed by atoms with Crippen molar-refractivity contribution in [2.24, 2.45) is 5.92 Å². The van der Waals surface area contributed by atoms with Gasteiger partial charge in [0.1, 0.15) is 11.4 Å². The zero-order valence-electron chi connectivity index (χ0n) is 16.4. The van der Waals surface area contributed by atoms with Crippen LogP contribution in [0.1, 0.15) is 38.1 Å². The SMILES string of the molecule is CC(=O)c1ccc(N2CCN(CC(=O)NC(C)(C#N)C(C)C)CC2)c(F)c1. The number of ketones is 1. The fraction of sp³-hybridized carbons (Fsp3) is 0.550. The first-order chi connectivity index (χ1) is 12.7. The van der Waals surface area contributed by atoms with E-state index in [0.29, 0.717) is 37.4 Å². The Morgan fingerprint density at radius 3 is 2.41 bits per heavy atom. The normalized spacial score (nSPS) is 17.3. The molecule has 1 unspecified atom stereocenters. The second kappa shape index (κ2) is 8.49. The van der Waals surface area contributed by atoms with E-state index < -0.39 is 11.4 Å². The minimum atomic E-state index is -0.888. The van der Waals surface area contributed by atoms with Gasteiger partial charge in [-0.3, -0.25) is 14.5 Å². The standard InChI is InChI=1S/C20H27FN4O2/c1-14(2)20(4,13-22)23-19(27)12-24-7-9-25(10-8-24)18-6-5-16(15(3)26)11-17(18)21/h5-6,11,14H,7-10,12H2,1-4H3,(H,23,27). The van der Waals surface area contributed by atoms with Crippen LogP contribution in [0.3, 0.4) is 0 Å². The van der Waals surface area contributed by atoms with Crippen LogP contribution >= 0.6 is 0 Å². The number of halogens is 1. The van der Waals surface area contributed by atoms with Crippen molar-refractivity contribution >= 4 is 17.4 Å². The van der Waals surface area contributed by atoms with Crippen molar-refractivity contribution < 1.29 is 14.0 Å². The molecule has 1 aliphatic rings. The van der Waals surface area contributed by atoms with E-state index >= 15 is 0 Å². The topological polar surface area (TPSA) is 76.4 Å². The molecule has 1 aromatic carbocycles. The van der Waals surface area contributed by atoms with E-state index in [9.17, 15) is 19.2 Å². The summed E-state index contributed by atoms with van der Waals surface area (Å²) in [4.78, 5) is 27.5. The maximum atomic E-state index is 14.3. The largest absolute Gasteiger partial charge is 0.367 e. The van der Waals surface area contributed by atoms with Gasteiger partial charge in [0.2, 0.25) is 5.91 Å². The fourth-order valence-corrected chi connectivity index (χ4v) is 2.96. The molecule has 0 bridgehead atoms. The van der Waals surface area contributed by atoms with Gasteiger partial charge in [0.15, 0.2) is 5.78 Å². The van der Waals surface area contributed by atoms with Crippen LogP contribution in [0.15, 0.2) is 18.2 Å². The van der Waals surface area contributed by atoms with Crippen molar-refractivity contribution in [2.45, 2.75) is 33.2 Å². The molecule has 0 radical (unpaired) electrons. The monoisotopic (exact) mass is 374 g/mol. The third kappa shape index (κ3) is 5.04. The van der Waals surface area contributed by atoms with Crippen LogP contribution in [0.2, 0.25) is 0 Å². The summed E-state index contributed by atoms with van der Waals surface area (Å²) in [6, 6.07) is 6.71. The van der Waals surface area contributed by atoms with E-state index in [2.05, 4.69) is 11.4 Å². The Labute approximate surface area is 159 Å². The van der Waals surface area contributed by atoms with Crippen LogP contribution in [0.25, 0.3) is 0 Å². The minimum absolute atomic E-state index is 0.00393. The lowest BCUT2D eigenvalue weighted by Gasteiger charge is -2.36. The summed E-state index contributed by atoms with van der Waals surface area (Å²) in [7, 11) is 0. The summed E-state index contributed by atoms with van der Waals surface area (Å²) in [5, 5.41) is 12.1. The number of nitrogens with zero attached hydrogens (tertiary/aromatic N) is 3. The molecule has 7 heteroatoms. The summed E-state index contributed by atoms with van der Waals surface area (Å²) in [5.41, 5.74) is -0.0567.